The van der Waals surface area contributed by atoms with E-state index in [9.17, 15) is 4.79 Å². The smallest absolute Gasteiger partial charge is 0.340 e. The normalized spacial score (nSPS) is 10.3. The summed E-state index contributed by atoms with van der Waals surface area (Å²) in [5, 5.41) is 7.01. The largest absolute Gasteiger partial charge is 0.462 e. The van der Waals surface area contributed by atoms with E-state index in [2.05, 4.69) is 20.6 Å². The van der Waals surface area contributed by atoms with Gasteiger partial charge in [0, 0.05) is 16.8 Å². The monoisotopic (exact) mass is 382 g/mol. The van der Waals surface area contributed by atoms with Gasteiger partial charge in [0.1, 0.15) is 18.0 Å². The Balaban J connectivity index is 1.83. The number of carbonyl (C=O) groups excluding carboxylic acids is 1. The van der Waals surface area contributed by atoms with E-state index in [1.807, 2.05) is 31.2 Å². The first kappa shape index (κ1) is 18.7. The van der Waals surface area contributed by atoms with E-state index >= 15 is 0 Å². The zero-order chi connectivity index (χ0) is 19.2. The van der Waals surface area contributed by atoms with Gasteiger partial charge in [0.05, 0.1) is 17.9 Å². The standard InChI is InChI=1S/C20H19ClN4O2/c1-3-27-20(26)15-6-4-5-7-16(15)24-18-11-19(23-12-22-18)25-17-10-14(21)9-8-13(17)2/h4-12H,3H2,1-2H3,(H2,22,23,24,25). The van der Waals surface area contributed by atoms with Crippen LogP contribution >= 0.6 is 11.6 Å². The van der Waals surface area contributed by atoms with E-state index in [1.165, 1.54) is 6.33 Å². The summed E-state index contributed by atoms with van der Waals surface area (Å²) in [6.45, 7) is 4.07. The number of benzene rings is 2. The highest BCUT2D eigenvalue weighted by Gasteiger charge is 2.12. The van der Waals surface area contributed by atoms with Crippen LogP contribution in [0.3, 0.4) is 0 Å². The van der Waals surface area contributed by atoms with Crippen molar-refractivity contribution >= 4 is 40.6 Å². The van der Waals surface area contributed by atoms with Gasteiger partial charge in [-0.1, -0.05) is 29.8 Å². The summed E-state index contributed by atoms with van der Waals surface area (Å²) < 4.78 is 5.10. The summed E-state index contributed by atoms with van der Waals surface area (Å²) in [5.74, 6) is 0.762. The Morgan fingerprint density at radius 2 is 1.74 bits per heavy atom. The van der Waals surface area contributed by atoms with Crippen LogP contribution in [0.1, 0.15) is 22.8 Å². The highest BCUT2D eigenvalue weighted by Crippen LogP contribution is 2.25. The van der Waals surface area contributed by atoms with E-state index in [1.54, 1.807) is 31.2 Å². The van der Waals surface area contributed by atoms with Crippen molar-refractivity contribution in [1.29, 1.82) is 0 Å². The predicted octanol–water partition coefficient (Wildman–Crippen LogP) is 5.10. The fourth-order valence-corrected chi connectivity index (χ4v) is 2.65. The van der Waals surface area contributed by atoms with Crippen LogP contribution < -0.4 is 10.6 Å². The van der Waals surface area contributed by atoms with Crippen LogP contribution in [0.5, 0.6) is 0 Å². The molecule has 1 aromatic heterocycles. The lowest BCUT2D eigenvalue weighted by Crippen LogP contribution is -2.08. The molecule has 0 atom stereocenters. The maximum atomic E-state index is 12.1. The van der Waals surface area contributed by atoms with E-state index in [-0.39, 0.29) is 5.97 Å². The first-order chi connectivity index (χ1) is 13.1. The lowest BCUT2D eigenvalue weighted by Gasteiger charge is -2.12. The molecule has 0 saturated heterocycles. The Kier molecular flexibility index (Phi) is 5.88. The predicted molar refractivity (Wildman–Crippen MR) is 107 cm³/mol. The van der Waals surface area contributed by atoms with Crippen LogP contribution in [0.4, 0.5) is 23.0 Å². The number of para-hydroxylation sites is 1. The van der Waals surface area contributed by atoms with Crippen molar-refractivity contribution < 1.29 is 9.53 Å². The van der Waals surface area contributed by atoms with Gasteiger partial charge in [-0.25, -0.2) is 14.8 Å². The Labute approximate surface area is 162 Å². The second-order valence-corrected chi connectivity index (χ2v) is 6.20. The van der Waals surface area contributed by atoms with Crippen molar-refractivity contribution in [3.05, 3.63) is 71.0 Å². The van der Waals surface area contributed by atoms with E-state index in [0.29, 0.717) is 34.5 Å². The van der Waals surface area contributed by atoms with Crippen LogP contribution in [0, 0.1) is 6.92 Å². The molecule has 0 fully saturated rings. The van der Waals surface area contributed by atoms with Crippen molar-refractivity contribution in [3.63, 3.8) is 0 Å². The highest BCUT2D eigenvalue weighted by atomic mass is 35.5. The molecule has 0 radical (unpaired) electrons. The summed E-state index contributed by atoms with van der Waals surface area (Å²) in [6, 6.07) is 14.5. The average Bonchev–Trinajstić information content (AvgIpc) is 2.66. The topological polar surface area (TPSA) is 76.1 Å². The number of anilines is 4. The molecular formula is C20H19ClN4O2. The molecule has 138 valence electrons. The molecule has 0 amide bonds. The van der Waals surface area contributed by atoms with E-state index in [4.69, 9.17) is 16.3 Å². The highest BCUT2D eigenvalue weighted by molar-refractivity contribution is 6.30. The summed E-state index contributed by atoms with van der Waals surface area (Å²) >= 11 is 6.07. The first-order valence-corrected chi connectivity index (χ1v) is 8.83. The quantitative estimate of drug-likeness (QED) is 0.577. The number of ether oxygens (including phenoxy) is 1. The lowest BCUT2D eigenvalue weighted by molar-refractivity contribution is 0.0527. The average molecular weight is 383 g/mol. The first-order valence-electron chi connectivity index (χ1n) is 8.45. The maximum Gasteiger partial charge on any atom is 0.340 e. The zero-order valence-corrected chi connectivity index (χ0v) is 15.7. The summed E-state index contributed by atoms with van der Waals surface area (Å²) in [5.41, 5.74) is 2.96. The summed E-state index contributed by atoms with van der Waals surface area (Å²) in [6.07, 6.45) is 1.44. The molecule has 0 aliphatic heterocycles. The van der Waals surface area contributed by atoms with E-state index < -0.39 is 0 Å². The second-order valence-electron chi connectivity index (χ2n) is 5.76. The van der Waals surface area contributed by atoms with Crippen LogP contribution in [-0.4, -0.2) is 22.5 Å². The number of carbonyl (C=O) groups is 1. The second kappa shape index (κ2) is 8.51. The number of hydrogen-bond donors (Lipinski definition) is 2. The minimum Gasteiger partial charge on any atom is -0.462 e. The van der Waals surface area contributed by atoms with Crippen LogP contribution in [0.25, 0.3) is 0 Å². The lowest BCUT2D eigenvalue weighted by atomic mass is 10.2. The van der Waals surface area contributed by atoms with Crippen molar-refractivity contribution in [3.8, 4) is 0 Å². The number of nitrogens with one attached hydrogen (secondary N) is 2. The van der Waals surface area contributed by atoms with Gasteiger partial charge < -0.3 is 15.4 Å². The number of nitrogens with zero attached hydrogens (tertiary/aromatic N) is 2. The molecule has 0 bridgehead atoms. The van der Waals surface area contributed by atoms with Gasteiger partial charge in [0.2, 0.25) is 0 Å². The molecule has 3 rings (SSSR count). The summed E-state index contributed by atoms with van der Waals surface area (Å²) in [7, 11) is 0. The number of halogens is 1. The minimum absolute atomic E-state index is 0.313. The van der Waals surface area contributed by atoms with Gasteiger partial charge in [0.15, 0.2) is 0 Å². The van der Waals surface area contributed by atoms with Gasteiger partial charge in [-0.2, -0.15) is 0 Å². The molecule has 6 nitrogen and oxygen atoms in total. The van der Waals surface area contributed by atoms with Crippen molar-refractivity contribution in [2.24, 2.45) is 0 Å². The van der Waals surface area contributed by atoms with Gasteiger partial charge in [-0.15, -0.1) is 0 Å². The third-order valence-electron chi connectivity index (χ3n) is 3.81. The molecule has 3 aromatic rings. The number of esters is 1. The maximum absolute atomic E-state index is 12.1. The third-order valence-corrected chi connectivity index (χ3v) is 4.05. The van der Waals surface area contributed by atoms with Crippen LogP contribution in [0.15, 0.2) is 54.9 Å². The van der Waals surface area contributed by atoms with Gasteiger partial charge in [0.25, 0.3) is 0 Å². The Hall–Kier alpha value is -3.12. The van der Waals surface area contributed by atoms with E-state index in [0.717, 1.165) is 11.3 Å². The molecule has 2 aromatic carbocycles. The molecule has 2 N–H and O–H groups in total. The SMILES string of the molecule is CCOC(=O)c1ccccc1Nc1cc(Nc2cc(Cl)ccc2C)ncn1. The van der Waals surface area contributed by atoms with Gasteiger partial charge in [-0.05, 0) is 43.7 Å². The number of hydrogen-bond acceptors (Lipinski definition) is 6. The van der Waals surface area contributed by atoms with Crippen LogP contribution in [-0.2, 0) is 4.74 Å². The van der Waals surface area contributed by atoms with Crippen LogP contribution in [0.2, 0.25) is 5.02 Å². The fraction of sp³-hybridized carbons (Fsp3) is 0.150. The summed E-state index contributed by atoms with van der Waals surface area (Å²) in [4.78, 5) is 20.6. The van der Waals surface area contributed by atoms with Crippen molar-refractivity contribution in [1.82, 2.24) is 9.97 Å². The zero-order valence-electron chi connectivity index (χ0n) is 15.0. The number of aryl methyl sites for hydroxylation is 1. The molecule has 0 aliphatic rings. The van der Waals surface area contributed by atoms with Crippen molar-refractivity contribution in [2.75, 3.05) is 17.2 Å². The molecule has 0 saturated carbocycles. The molecular weight excluding hydrogens is 364 g/mol. The molecule has 27 heavy (non-hydrogen) atoms. The third kappa shape index (κ3) is 4.74. The Morgan fingerprint density at radius 1 is 1.04 bits per heavy atom. The fourth-order valence-electron chi connectivity index (χ4n) is 2.48. The molecule has 0 aliphatic carbocycles. The Bertz CT molecular complexity index is 962. The number of rotatable bonds is 6. The molecule has 0 spiro atoms. The number of aromatic nitrogens is 2. The van der Waals surface area contributed by atoms with Crippen molar-refractivity contribution in [2.45, 2.75) is 13.8 Å². The molecule has 1 heterocycles. The molecule has 7 heteroatoms. The minimum atomic E-state index is -0.387. The van der Waals surface area contributed by atoms with Gasteiger partial charge in [-0.3, -0.25) is 0 Å². The van der Waals surface area contributed by atoms with Gasteiger partial charge >= 0.3 is 5.97 Å². The Morgan fingerprint density at radius 3 is 2.48 bits per heavy atom. The molecule has 0 unspecified atom stereocenters.